The van der Waals surface area contributed by atoms with E-state index < -0.39 is 0 Å². The minimum atomic E-state index is -0.0456. The van der Waals surface area contributed by atoms with Gasteiger partial charge in [0, 0.05) is 16.4 Å². The molecule has 1 aliphatic heterocycles. The van der Waals surface area contributed by atoms with Crippen molar-refractivity contribution in [3.05, 3.63) is 29.3 Å². The number of rotatable bonds is 3. The van der Waals surface area contributed by atoms with Gasteiger partial charge in [-0.05, 0) is 48.6 Å². The highest BCUT2D eigenvalue weighted by Crippen LogP contribution is 2.49. The monoisotopic (exact) mass is 263 g/mol. The van der Waals surface area contributed by atoms with Gasteiger partial charge in [-0.25, -0.2) is 0 Å². The van der Waals surface area contributed by atoms with E-state index in [1.807, 2.05) is 11.8 Å². The molecule has 0 aromatic heterocycles. The second-order valence-electron chi connectivity index (χ2n) is 5.67. The predicted octanol–water partition coefficient (Wildman–Crippen LogP) is 2.89. The second kappa shape index (κ2) is 4.87. The average Bonchev–Trinajstić information content (AvgIpc) is 2.37. The molecule has 1 unspecified atom stereocenters. The van der Waals surface area contributed by atoms with Gasteiger partial charge in [0.2, 0.25) is 0 Å². The van der Waals surface area contributed by atoms with Crippen LogP contribution in [-0.4, -0.2) is 17.5 Å². The minimum absolute atomic E-state index is 0.00604. The molecule has 1 saturated carbocycles. The van der Waals surface area contributed by atoms with Crippen LogP contribution in [0.15, 0.2) is 23.1 Å². The third-order valence-electron chi connectivity index (χ3n) is 4.62. The third-order valence-corrected chi connectivity index (χ3v) is 5.82. The summed E-state index contributed by atoms with van der Waals surface area (Å²) in [7, 11) is 0. The standard InChI is InChI=1S/C15H21NOS/c16-14(15(10-17)6-2-7-15)12-4-5-13-11(9-12)3-1-8-18-13/h4-5,9,14,17H,1-3,6-8,10,16H2. The molecule has 3 heteroatoms. The van der Waals surface area contributed by atoms with Gasteiger partial charge in [0.25, 0.3) is 0 Å². The normalized spacial score (nSPS) is 23.0. The van der Waals surface area contributed by atoms with Crippen LogP contribution < -0.4 is 5.73 Å². The topological polar surface area (TPSA) is 46.2 Å². The smallest absolute Gasteiger partial charge is 0.0505 e. The third kappa shape index (κ3) is 1.98. The molecule has 3 rings (SSSR count). The highest BCUT2D eigenvalue weighted by Gasteiger charge is 2.42. The molecule has 1 heterocycles. The van der Waals surface area contributed by atoms with Gasteiger partial charge in [0.15, 0.2) is 0 Å². The second-order valence-corrected chi connectivity index (χ2v) is 6.81. The van der Waals surface area contributed by atoms with Crippen molar-refractivity contribution in [1.29, 1.82) is 0 Å². The number of nitrogens with two attached hydrogens (primary N) is 1. The van der Waals surface area contributed by atoms with E-state index in [2.05, 4.69) is 18.2 Å². The maximum atomic E-state index is 9.62. The van der Waals surface area contributed by atoms with Crippen LogP contribution in [0.2, 0.25) is 0 Å². The van der Waals surface area contributed by atoms with E-state index in [9.17, 15) is 5.11 Å². The molecule has 2 aliphatic rings. The van der Waals surface area contributed by atoms with Crippen LogP contribution in [0.25, 0.3) is 0 Å². The van der Waals surface area contributed by atoms with Gasteiger partial charge in [-0.3, -0.25) is 0 Å². The molecule has 18 heavy (non-hydrogen) atoms. The predicted molar refractivity (Wildman–Crippen MR) is 75.8 cm³/mol. The summed E-state index contributed by atoms with van der Waals surface area (Å²) >= 11 is 1.95. The summed E-state index contributed by atoms with van der Waals surface area (Å²) in [6, 6.07) is 6.66. The number of benzene rings is 1. The Kier molecular flexibility index (Phi) is 3.39. The lowest BCUT2D eigenvalue weighted by Crippen LogP contribution is -2.43. The average molecular weight is 263 g/mol. The van der Waals surface area contributed by atoms with Crippen LogP contribution in [0.3, 0.4) is 0 Å². The molecule has 1 fully saturated rings. The molecule has 3 N–H and O–H groups in total. The summed E-state index contributed by atoms with van der Waals surface area (Å²) in [5.74, 6) is 1.24. The molecule has 0 spiro atoms. The number of fused-ring (bicyclic) bond motifs is 1. The molecular weight excluding hydrogens is 242 g/mol. The van der Waals surface area contributed by atoms with Crippen molar-refractivity contribution < 1.29 is 5.11 Å². The van der Waals surface area contributed by atoms with Crippen LogP contribution in [0, 0.1) is 5.41 Å². The van der Waals surface area contributed by atoms with Crippen molar-refractivity contribution >= 4 is 11.8 Å². The van der Waals surface area contributed by atoms with Gasteiger partial charge < -0.3 is 10.8 Å². The fourth-order valence-electron chi connectivity index (χ4n) is 3.13. The molecule has 2 nitrogen and oxygen atoms in total. The molecule has 0 amide bonds. The van der Waals surface area contributed by atoms with Crippen molar-refractivity contribution in [2.24, 2.45) is 11.1 Å². The van der Waals surface area contributed by atoms with E-state index in [1.165, 1.54) is 41.0 Å². The van der Waals surface area contributed by atoms with Crippen LogP contribution in [0.4, 0.5) is 0 Å². The zero-order valence-electron chi connectivity index (χ0n) is 10.7. The van der Waals surface area contributed by atoms with Crippen molar-refractivity contribution in [3.8, 4) is 0 Å². The van der Waals surface area contributed by atoms with Gasteiger partial charge in [-0.15, -0.1) is 11.8 Å². The summed E-state index contributed by atoms with van der Waals surface area (Å²) in [4.78, 5) is 1.42. The first kappa shape index (κ1) is 12.5. The van der Waals surface area contributed by atoms with E-state index in [0.29, 0.717) is 0 Å². The van der Waals surface area contributed by atoms with Gasteiger partial charge in [-0.1, -0.05) is 18.6 Å². The highest BCUT2D eigenvalue weighted by atomic mass is 32.2. The first-order chi connectivity index (χ1) is 8.75. The summed E-state index contributed by atoms with van der Waals surface area (Å²) < 4.78 is 0. The summed E-state index contributed by atoms with van der Waals surface area (Å²) in [6.07, 6.45) is 5.78. The highest BCUT2D eigenvalue weighted by molar-refractivity contribution is 7.99. The summed E-state index contributed by atoms with van der Waals surface area (Å²) in [6.45, 7) is 0.222. The largest absolute Gasteiger partial charge is 0.396 e. The maximum Gasteiger partial charge on any atom is 0.0505 e. The Morgan fingerprint density at radius 3 is 2.83 bits per heavy atom. The van der Waals surface area contributed by atoms with E-state index in [4.69, 9.17) is 5.73 Å². The lowest BCUT2D eigenvalue weighted by atomic mass is 9.63. The molecule has 98 valence electrons. The van der Waals surface area contributed by atoms with E-state index in [1.54, 1.807) is 0 Å². The van der Waals surface area contributed by atoms with E-state index >= 15 is 0 Å². The molecule has 1 aromatic rings. The number of hydrogen-bond donors (Lipinski definition) is 2. The zero-order valence-corrected chi connectivity index (χ0v) is 11.5. The van der Waals surface area contributed by atoms with Crippen LogP contribution in [0.1, 0.15) is 42.9 Å². The Morgan fingerprint density at radius 2 is 2.17 bits per heavy atom. The van der Waals surface area contributed by atoms with E-state index in [-0.39, 0.29) is 18.1 Å². The van der Waals surface area contributed by atoms with Gasteiger partial charge in [-0.2, -0.15) is 0 Å². The van der Waals surface area contributed by atoms with Gasteiger partial charge in [0.05, 0.1) is 6.61 Å². The fourth-order valence-corrected chi connectivity index (χ4v) is 4.14. The number of aliphatic hydroxyl groups excluding tert-OH is 1. The Hall–Kier alpha value is -0.510. The Morgan fingerprint density at radius 1 is 1.33 bits per heavy atom. The molecule has 1 aliphatic carbocycles. The molecule has 0 bridgehead atoms. The SMILES string of the molecule is NC(c1ccc2c(c1)CCCS2)C1(CO)CCC1. The fraction of sp³-hybridized carbons (Fsp3) is 0.600. The maximum absolute atomic E-state index is 9.62. The van der Waals surface area contributed by atoms with Crippen molar-refractivity contribution in [2.45, 2.75) is 43.0 Å². The summed E-state index contributed by atoms with van der Waals surface area (Å²) in [5.41, 5.74) is 9.03. The zero-order chi connectivity index (χ0) is 12.6. The quantitative estimate of drug-likeness (QED) is 0.881. The number of hydrogen-bond acceptors (Lipinski definition) is 3. The molecule has 1 aromatic carbocycles. The van der Waals surface area contributed by atoms with Crippen LogP contribution in [-0.2, 0) is 6.42 Å². The van der Waals surface area contributed by atoms with Gasteiger partial charge in [0.1, 0.15) is 0 Å². The number of thioether (sulfide) groups is 1. The van der Waals surface area contributed by atoms with Gasteiger partial charge >= 0.3 is 0 Å². The Labute approximate surface area is 113 Å². The first-order valence-electron chi connectivity index (χ1n) is 6.87. The lowest BCUT2D eigenvalue weighted by molar-refractivity contribution is 0.0184. The molecular formula is C15H21NOS. The van der Waals surface area contributed by atoms with Crippen molar-refractivity contribution in [3.63, 3.8) is 0 Å². The van der Waals surface area contributed by atoms with Crippen LogP contribution in [0.5, 0.6) is 0 Å². The summed E-state index contributed by atoms with van der Waals surface area (Å²) in [5, 5.41) is 9.62. The van der Waals surface area contributed by atoms with Crippen molar-refractivity contribution in [1.82, 2.24) is 0 Å². The lowest BCUT2D eigenvalue weighted by Gasteiger charge is -2.45. The number of aliphatic hydroxyl groups is 1. The Balaban J connectivity index is 1.87. The molecule has 0 saturated heterocycles. The first-order valence-corrected chi connectivity index (χ1v) is 7.86. The molecule has 0 radical (unpaired) electrons. The Bertz CT molecular complexity index is 437. The number of aryl methyl sites for hydroxylation is 1. The minimum Gasteiger partial charge on any atom is -0.396 e. The van der Waals surface area contributed by atoms with E-state index in [0.717, 1.165) is 12.8 Å². The molecule has 1 atom stereocenters. The van der Waals surface area contributed by atoms with Crippen LogP contribution >= 0.6 is 11.8 Å². The van der Waals surface area contributed by atoms with Crippen molar-refractivity contribution in [2.75, 3.05) is 12.4 Å².